The van der Waals surface area contributed by atoms with Crippen LogP contribution in [0.15, 0.2) is 34.9 Å². The Bertz CT molecular complexity index is 996. The number of carbonyl (C=O) groups excluding carboxylic acids is 3. The fourth-order valence-electron chi connectivity index (χ4n) is 4.38. The number of aromatic nitrogens is 1. The molecule has 3 heterocycles. The second-order valence-corrected chi connectivity index (χ2v) is 8.39. The van der Waals surface area contributed by atoms with Crippen molar-refractivity contribution < 1.29 is 23.6 Å². The summed E-state index contributed by atoms with van der Waals surface area (Å²) in [5, 5.41) is 6.93. The fourth-order valence-corrected chi connectivity index (χ4v) is 4.38. The van der Waals surface area contributed by atoms with Crippen LogP contribution >= 0.6 is 0 Å². The maximum absolute atomic E-state index is 12.7. The molecule has 1 aromatic heterocycles. The molecular weight excluding hydrogens is 412 g/mol. The van der Waals surface area contributed by atoms with E-state index >= 15 is 0 Å². The van der Waals surface area contributed by atoms with E-state index in [2.05, 4.69) is 10.5 Å². The fraction of sp³-hybridized carbons (Fsp3) is 0.478. The number of likely N-dealkylation sites (tertiary alicyclic amines) is 2. The largest absolute Gasteiger partial charge is 0.496 e. The first kappa shape index (κ1) is 21.9. The van der Waals surface area contributed by atoms with Gasteiger partial charge in [-0.3, -0.25) is 14.4 Å². The van der Waals surface area contributed by atoms with E-state index in [-0.39, 0.29) is 35.3 Å². The molecule has 2 aliphatic rings. The molecule has 9 nitrogen and oxygen atoms in total. The first-order chi connectivity index (χ1) is 15.5. The number of amides is 3. The number of nitrogens with zero attached hydrogens (tertiary/aromatic N) is 3. The lowest BCUT2D eigenvalue weighted by molar-refractivity contribution is -0.136. The molecule has 2 saturated heterocycles. The van der Waals surface area contributed by atoms with E-state index in [1.165, 1.54) is 0 Å². The summed E-state index contributed by atoms with van der Waals surface area (Å²) >= 11 is 0. The number of nitrogens with one attached hydrogen (secondary N) is 1. The van der Waals surface area contributed by atoms with Gasteiger partial charge in [0, 0.05) is 57.2 Å². The number of hydrogen-bond acceptors (Lipinski definition) is 6. The maximum Gasteiger partial charge on any atom is 0.290 e. The highest BCUT2D eigenvalue weighted by molar-refractivity contribution is 5.91. The molecule has 0 spiro atoms. The van der Waals surface area contributed by atoms with E-state index in [1.807, 2.05) is 29.2 Å². The molecule has 1 atom stereocenters. The van der Waals surface area contributed by atoms with E-state index in [9.17, 15) is 14.4 Å². The summed E-state index contributed by atoms with van der Waals surface area (Å²) < 4.78 is 10.6. The van der Waals surface area contributed by atoms with Gasteiger partial charge in [0.25, 0.3) is 5.91 Å². The highest BCUT2D eigenvalue weighted by atomic mass is 16.5. The normalized spacial score (nSPS) is 19.3. The Morgan fingerprint density at radius 1 is 1.25 bits per heavy atom. The van der Waals surface area contributed by atoms with Crippen LogP contribution in [0.4, 0.5) is 0 Å². The molecule has 0 unspecified atom stereocenters. The smallest absolute Gasteiger partial charge is 0.290 e. The molecular formula is C23H28N4O5. The van der Waals surface area contributed by atoms with Gasteiger partial charge in [-0.05, 0) is 18.9 Å². The van der Waals surface area contributed by atoms with Gasteiger partial charge in [-0.2, -0.15) is 0 Å². The zero-order valence-electron chi connectivity index (χ0n) is 18.4. The first-order valence-electron chi connectivity index (χ1n) is 10.9. The summed E-state index contributed by atoms with van der Waals surface area (Å²) in [6, 6.07) is 9.17. The summed E-state index contributed by atoms with van der Waals surface area (Å²) in [4.78, 5) is 40.4. The number of para-hydroxylation sites is 1. The van der Waals surface area contributed by atoms with Crippen LogP contribution in [0.3, 0.4) is 0 Å². The minimum atomic E-state index is -0.336. The maximum atomic E-state index is 12.7. The lowest BCUT2D eigenvalue weighted by Crippen LogP contribution is -2.42. The average Bonchev–Trinajstić information content (AvgIpc) is 3.44. The van der Waals surface area contributed by atoms with Gasteiger partial charge in [0.05, 0.1) is 18.7 Å². The second kappa shape index (κ2) is 9.42. The number of carbonyl (C=O) groups is 3. The van der Waals surface area contributed by atoms with Gasteiger partial charge in [-0.1, -0.05) is 23.4 Å². The molecule has 2 fully saturated rings. The highest BCUT2D eigenvalue weighted by Crippen LogP contribution is 2.29. The van der Waals surface area contributed by atoms with Gasteiger partial charge in [-0.15, -0.1) is 0 Å². The molecule has 1 aromatic carbocycles. The van der Waals surface area contributed by atoms with Crippen molar-refractivity contribution in [3.8, 4) is 5.75 Å². The van der Waals surface area contributed by atoms with Crippen molar-refractivity contribution >= 4 is 17.7 Å². The molecule has 170 valence electrons. The summed E-state index contributed by atoms with van der Waals surface area (Å²) in [6.45, 7) is 2.03. The van der Waals surface area contributed by atoms with Crippen LogP contribution in [0.2, 0.25) is 0 Å². The van der Waals surface area contributed by atoms with Gasteiger partial charge in [0.2, 0.25) is 17.6 Å². The predicted octanol–water partition coefficient (Wildman–Crippen LogP) is 1.80. The average molecular weight is 441 g/mol. The molecule has 0 bridgehead atoms. The van der Waals surface area contributed by atoms with Crippen LogP contribution in [-0.4, -0.2) is 66.5 Å². The Morgan fingerprint density at radius 3 is 2.69 bits per heavy atom. The summed E-state index contributed by atoms with van der Waals surface area (Å²) in [5.74, 6) is 0.510. The molecule has 4 rings (SSSR count). The van der Waals surface area contributed by atoms with Gasteiger partial charge in [0.1, 0.15) is 5.75 Å². The van der Waals surface area contributed by atoms with Crippen LogP contribution < -0.4 is 10.1 Å². The number of ether oxygens (including phenoxy) is 1. The quantitative estimate of drug-likeness (QED) is 0.734. The third kappa shape index (κ3) is 4.61. The van der Waals surface area contributed by atoms with Crippen molar-refractivity contribution in [2.75, 3.05) is 33.8 Å². The first-order valence-corrected chi connectivity index (χ1v) is 10.9. The van der Waals surface area contributed by atoms with Crippen molar-refractivity contribution in [2.45, 2.75) is 31.7 Å². The second-order valence-electron chi connectivity index (χ2n) is 8.39. The zero-order chi connectivity index (χ0) is 22.7. The van der Waals surface area contributed by atoms with Crippen LogP contribution in [0.1, 0.15) is 47.0 Å². The van der Waals surface area contributed by atoms with Gasteiger partial charge < -0.3 is 24.4 Å². The molecule has 2 aliphatic heterocycles. The number of hydrogen-bond donors (Lipinski definition) is 1. The highest BCUT2D eigenvalue weighted by Gasteiger charge is 2.36. The van der Waals surface area contributed by atoms with Gasteiger partial charge in [0.15, 0.2) is 0 Å². The molecule has 3 amide bonds. The third-order valence-corrected chi connectivity index (χ3v) is 6.30. The minimum absolute atomic E-state index is 0.0253. The summed E-state index contributed by atoms with van der Waals surface area (Å²) in [5.41, 5.74) is 1.60. The van der Waals surface area contributed by atoms with Crippen molar-refractivity contribution in [2.24, 2.45) is 5.92 Å². The Kier molecular flexibility index (Phi) is 6.43. The standard InChI is InChI=1S/C23H28N4O5/c1-26-14-17(11-21(26)28)23(30)27-9-7-15(8-10-27)18-12-20(32-25-18)22(29)24-13-16-5-3-4-6-19(16)31-2/h3-6,12,15,17H,7-11,13-14H2,1-2H3,(H,24,29)/t17-/m0/s1. The van der Waals surface area contributed by atoms with Gasteiger partial charge in [-0.25, -0.2) is 0 Å². The summed E-state index contributed by atoms with van der Waals surface area (Å²) in [7, 11) is 3.32. The van der Waals surface area contributed by atoms with Crippen LogP contribution in [0, 0.1) is 5.92 Å². The number of benzene rings is 1. The van der Waals surface area contributed by atoms with E-state index in [0.717, 1.165) is 24.1 Å². The van der Waals surface area contributed by atoms with E-state index < -0.39 is 0 Å². The lowest BCUT2D eigenvalue weighted by atomic mass is 9.92. The molecule has 0 aliphatic carbocycles. The topological polar surface area (TPSA) is 105 Å². The molecule has 1 N–H and O–H groups in total. The molecule has 0 radical (unpaired) electrons. The predicted molar refractivity (Wildman–Crippen MR) is 115 cm³/mol. The van der Waals surface area contributed by atoms with Crippen LogP contribution in [0.25, 0.3) is 0 Å². The van der Waals surface area contributed by atoms with Crippen molar-refractivity contribution in [1.29, 1.82) is 0 Å². The Morgan fingerprint density at radius 2 is 2.00 bits per heavy atom. The van der Waals surface area contributed by atoms with E-state index in [4.69, 9.17) is 9.26 Å². The van der Waals surface area contributed by atoms with E-state index in [0.29, 0.717) is 38.3 Å². The van der Waals surface area contributed by atoms with Crippen LogP contribution in [-0.2, 0) is 16.1 Å². The van der Waals surface area contributed by atoms with Crippen molar-refractivity contribution in [1.82, 2.24) is 20.3 Å². The number of methoxy groups -OCH3 is 1. The molecule has 0 saturated carbocycles. The van der Waals surface area contributed by atoms with Crippen molar-refractivity contribution in [3.63, 3.8) is 0 Å². The summed E-state index contributed by atoms with van der Waals surface area (Å²) in [6.07, 6.45) is 1.79. The lowest BCUT2D eigenvalue weighted by Gasteiger charge is -2.32. The van der Waals surface area contributed by atoms with Gasteiger partial charge >= 0.3 is 0 Å². The Balaban J connectivity index is 1.29. The zero-order valence-corrected chi connectivity index (χ0v) is 18.4. The SMILES string of the molecule is COc1ccccc1CNC(=O)c1cc(C2CCN(C(=O)[C@H]3CC(=O)N(C)C3)CC2)no1. The number of rotatable bonds is 6. The molecule has 2 aromatic rings. The Labute approximate surface area is 186 Å². The number of piperidine rings is 1. The Hall–Kier alpha value is -3.36. The van der Waals surface area contributed by atoms with Crippen molar-refractivity contribution in [3.05, 3.63) is 47.3 Å². The van der Waals surface area contributed by atoms with Crippen LogP contribution in [0.5, 0.6) is 5.75 Å². The minimum Gasteiger partial charge on any atom is -0.496 e. The van der Waals surface area contributed by atoms with E-state index in [1.54, 1.807) is 25.1 Å². The third-order valence-electron chi connectivity index (χ3n) is 6.30. The molecule has 32 heavy (non-hydrogen) atoms. The molecule has 9 heteroatoms. The monoisotopic (exact) mass is 440 g/mol.